The summed E-state index contributed by atoms with van der Waals surface area (Å²) in [6, 6.07) is 0. The van der Waals surface area contributed by atoms with Crippen LogP contribution in [0.15, 0.2) is 12.4 Å². The van der Waals surface area contributed by atoms with Crippen LogP contribution >= 0.6 is 0 Å². The van der Waals surface area contributed by atoms with Gasteiger partial charge in [-0.1, -0.05) is 0 Å². The molecule has 0 saturated carbocycles. The number of hydrogen-bond acceptors (Lipinski definition) is 3. The van der Waals surface area contributed by atoms with Gasteiger partial charge in [0.15, 0.2) is 11.6 Å². The van der Waals surface area contributed by atoms with Gasteiger partial charge < -0.3 is 10.3 Å². The number of carbonyl (C=O) groups is 2. The molecule has 1 aromatic heterocycles. The molecule has 0 aliphatic heterocycles. The molecule has 0 unspecified atom stereocenters. The quantitative estimate of drug-likeness (QED) is 0.637. The van der Waals surface area contributed by atoms with Crippen LogP contribution in [0.3, 0.4) is 0 Å². The van der Waals surface area contributed by atoms with Crippen LogP contribution < -0.4 is 5.73 Å². The maximum absolute atomic E-state index is 10.9. The van der Waals surface area contributed by atoms with Gasteiger partial charge in [0.25, 0.3) is 0 Å². The summed E-state index contributed by atoms with van der Waals surface area (Å²) in [5.74, 6) is -0.412. The lowest BCUT2D eigenvalue weighted by Crippen LogP contribution is -2.20. The van der Waals surface area contributed by atoms with Crippen molar-refractivity contribution < 1.29 is 11.0 Å². The normalized spacial score (nSPS) is 9.75. The molecule has 0 aliphatic rings. The van der Waals surface area contributed by atoms with Gasteiger partial charge in [0.1, 0.15) is 6.54 Å². The first kappa shape index (κ1) is 8.45. The number of aromatic nitrogens is 2. The number of imidazole rings is 1. The maximum Gasteiger partial charge on any atom is 0.237 e. The van der Waals surface area contributed by atoms with Crippen LogP contribution in [0.4, 0.5) is 0 Å². The minimum Gasteiger partial charge on any atom is -0.368 e. The number of primary amides is 1. The Labute approximate surface area is 70.7 Å². The predicted octanol–water partition coefficient (Wildman–Crippen LogP) is -0.183. The molecule has 0 saturated heterocycles. The maximum atomic E-state index is 10.9. The highest BCUT2D eigenvalue weighted by molar-refractivity contribution is 5.91. The first-order valence-electron chi connectivity index (χ1n) is 3.41. The van der Waals surface area contributed by atoms with Gasteiger partial charge in [-0.25, -0.2) is 4.98 Å². The Morgan fingerprint density at radius 1 is 1.75 bits per heavy atom. The summed E-state index contributed by atoms with van der Waals surface area (Å²) in [5.41, 5.74) is 4.95. The van der Waals surface area contributed by atoms with Crippen molar-refractivity contribution in [2.75, 3.05) is 0 Å². The van der Waals surface area contributed by atoms with Gasteiger partial charge in [-0.15, -0.1) is 0 Å². The van der Waals surface area contributed by atoms with Gasteiger partial charge in [0, 0.05) is 20.7 Å². The average Bonchev–Trinajstić information content (AvgIpc) is 2.33. The molecule has 0 aliphatic carbocycles. The van der Waals surface area contributed by atoms with Crippen LogP contribution in [-0.2, 0) is 11.3 Å². The molecule has 1 amide bonds. The summed E-state index contributed by atoms with van der Waals surface area (Å²) in [5, 5.41) is 0. The van der Waals surface area contributed by atoms with E-state index < -0.39 is 5.91 Å². The zero-order valence-electron chi connectivity index (χ0n) is 6.65. The van der Waals surface area contributed by atoms with Crippen LogP contribution in [-0.4, -0.2) is 21.2 Å². The zero-order chi connectivity index (χ0) is 9.14. The summed E-state index contributed by atoms with van der Waals surface area (Å²) in [6.07, 6.45) is 3.00. The minimum atomic E-state index is -0.490. The first-order valence-corrected chi connectivity index (χ1v) is 3.41. The second-order valence-corrected chi connectivity index (χ2v) is 2.40. The number of rotatable bonds is 3. The Morgan fingerprint density at radius 2 is 2.42 bits per heavy atom. The molecular formula is C7H11N3O2. The summed E-state index contributed by atoms with van der Waals surface area (Å²) in [7, 11) is 0. The van der Waals surface area contributed by atoms with E-state index in [1.54, 1.807) is 6.20 Å². The van der Waals surface area contributed by atoms with Crippen LogP contribution in [0.5, 0.6) is 0 Å². The van der Waals surface area contributed by atoms with Crippen molar-refractivity contribution in [2.24, 2.45) is 5.73 Å². The fourth-order valence-corrected chi connectivity index (χ4v) is 0.918. The number of nitrogens with two attached hydrogens (primary N) is 1. The lowest BCUT2D eigenvalue weighted by Gasteiger charge is -2.00. The monoisotopic (exact) mass is 169 g/mol. The van der Waals surface area contributed by atoms with Crippen molar-refractivity contribution in [2.45, 2.75) is 13.5 Å². The molecule has 66 valence electrons. The lowest BCUT2D eigenvalue weighted by atomic mass is 10.4. The van der Waals surface area contributed by atoms with Crippen molar-refractivity contribution in [3.63, 3.8) is 0 Å². The van der Waals surface area contributed by atoms with Crippen molar-refractivity contribution in [3.05, 3.63) is 18.2 Å². The predicted molar refractivity (Wildman–Crippen MR) is 43.5 cm³/mol. The highest BCUT2D eigenvalue weighted by atomic mass is 16.1. The van der Waals surface area contributed by atoms with Crippen LogP contribution in [0.1, 0.15) is 19.0 Å². The van der Waals surface area contributed by atoms with E-state index in [-0.39, 0.29) is 19.6 Å². The van der Waals surface area contributed by atoms with Crippen molar-refractivity contribution in [1.29, 1.82) is 0 Å². The van der Waals surface area contributed by atoms with Crippen molar-refractivity contribution >= 4 is 11.7 Å². The van der Waals surface area contributed by atoms with E-state index in [1.165, 1.54) is 17.7 Å². The van der Waals surface area contributed by atoms with E-state index in [0.717, 1.165) is 0 Å². The molecule has 5 heteroatoms. The molecule has 1 aromatic rings. The largest absolute Gasteiger partial charge is 0.368 e. The minimum absolute atomic E-state index is 0. The molecule has 1 rings (SSSR count). The molecule has 0 atom stereocenters. The number of amides is 1. The summed E-state index contributed by atoms with van der Waals surface area (Å²) in [6.45, 7) is 1.38. The van der Waals surface area contributed by atoms with E-state index in [0.29, 0.717) is 0 Å². The van der Waals surface area contributed by atoms with Gasteiger partial charge in [0.2, 0.25) is 5.91 Å². The molecule has 1 heterocycles. The van der Waals surface area contributed by atoms with Gasteiger partial charge in [0.05, 0.1) is 0 Å². The highest BCUT2D eigenvalue weighted by Gasteiger charge is 2.08. The molecule has 0 radical (unpaired) electrons. The standard InChI is InChI=1S/C7H9N3O2.H2/c1-5(11)7-9-2-3-10(7)4-6(8)12;/h2-3H,4H2,1H3,(H2,8,12);1H. The number of nitrogens with zero attached hydrogens (tertiary/aromatic N) is 2. The Morgan fingerprint density at radius 3 is 2.92 bits per heavy atom. The third-order valence-corrected chi connectivity index (χ3v) is 1.36. The smallest absolute Gasteiger partial charge is 0.237 e. The topological polar surface area (TPSA) is 78.0 Å². The molecule has 5 nitrogen and oxygen atoms in total. The zero-order valence-corrected chi connectivity index (χ0v) is 6.65. The van der Waals surface area contributed by atoms with E-state index >= 15 is 0 Å². The highest BCUT2D eigenvalue weighted by Crippen LogP contribution is 1.97. The average molecular weight is 169 g/mol. The lowest BCUT2D eigenvalue weighted by molar-refractivity contribution is -0.118. The second-order valence-electron chi connectivity index (χ2n) is 2.40. The number of carbonyl (C=O) groups excluding carboxylic acids is 2. The van der Waals surface area contributed by atoms with Gasteiger partial charge in [-0.3, -0.25) is 9.59 Å². The van der Waals surface area contributed by atoms with E-state index in [4.69, 9.17) is 5.73 Å². The number of ketones is 1. The molecule has 0 bridgehead atoms. The fraction of sp³-hybridized carbons (Fsp3) is 0.286. The summed E-state index contributed by atoms with van der Waals surface area (Å²) < 4.78 is 1.42. The van der Waals surface area contributed by atoms with E-state index in [9.17, 15) is 9.59 Å². The van der Waals surface area contributed by atoms with E-state index in [2.05, 4.69) is 4.98 Å². The summed E-state index contributed by atoms with van der Waals surface area (Å²) >= 11 is 0. The van der Waals surface area contributed by atoms with E-state index in [1.807, 2.05) is 0 Å². The summed E-state index contributed by atoms with van der Waals surface area (Å²) in [4.78, 5) is 25.2. The molecule has 0 aromatic carbocycles. The van der Waals surface area contributed by atoms with Crippen molar-refractivity contribution in [3.8, 4) is 0 Å². The van der Waals surface area contributed by atoms with Crippen molar-refractivity contribution in [1.82, 2.24) is 9.55 Å². The Kier molecular flexibility index (Phi) is 2.23. The van der Waals surface area contributed by atoms with Gasteiger partial charge in [-0.2, -0.15) is 0 Å². The number of hydrogen-bond donors (Lipinski definition) is 1. The molecule has 12 heavy (non-hydrogen) atoms. The van der Waals surface area contributed by atoms with Crippen LogP contribution in [0, 0.1) is 0 Å². The third-order valence-electron chi connectivity index (χ3n) is 1.36. The fourth-order valence-electron chi connectivity index (χ4n) is 0.918. The molecular weight excluding hydrogens is 158 g/mol. The SMILES string of the molecule is CC(=O)c1nccn1CC(N)=O.[HH]. The second kappa shape index (κ2) is 3.17. The molecule has 0 spiro atoms. The Bertz CT molecular complexity index is 321. The van der Waals surface area contributed by atoms with Crippen LogP contribution in [0.2, 0.25) is 0 Å². The Balaban J connectivity index is 0.00000144. The Hall–Kier alpha value is -1.65. The van der Waals surface area contributed by atoms with Crippen LogP contribution in [0.25, 0.3) is 0 Å². The molecule has 2 N–H and O–H groups in total. The number of Topliss-reactive ketones (excluding diaryl/α,β-unsaturated/α-hetero) is 1. The molecule has 0 fully saturated rings. The first-order chi connectivity index (χ1) is 5.61. The third kappa shape index (κ3) is 1.69. The van der Waals surface area contributed by atoms with Gasteiger partial charge in [-0.05, 0) is 0 Å². The van der Waals surface area contributed by atoms with Gasteiger partial charge >= 0.3 is 0 Å².